The molecule has 1 fully saturated rings. The fourth-order valence-electron chi connectivity index (χ4n) is 4.24. The molecule has 0 unspecified atom stereocenters. The smallest absolute Gasteiger partial charge is 0.228 e. The van der Waals surface area contributed by atoms with Crippen LogP contribution in [0.4, 0.5) is 0 Å². The van der Waals surface area contributed by atoms with Gasteiger partial charge in [-0.05, 0) is 42.9 Å². The molecule has 2 aromatic rings. The molecule has 2 aliphatic rings. The Hall–Kier alpha value is -2.14. The maximum absolute atomic E-state index is 13.3. The number of carbonyl (C=O) groups is 1. The van der Waals surface area contributed by atoms with E-state index in [4.69, 9.17) is 4.74 Å². The number of hydrogen-bond donors (Lipinski definition) is 0. The molecule has 1 aliphatic heterocycles. The standard InChI is InChI=1S/C20H25N3O2/c1-22(16-12-14-6-3-4-7-15(14)13-16)20(24)17-8-5-11-25-19(17)18-9-10-21-23(18)2/h3-4,6-7,9-10,16-17,19H,5,8,11-13H2,1-2H3/t17-,19-/m1/s1. The summed E-state index contributed by atoms with van der Waals surface area (Å²) < 4.78 is 7.82. The molecular weight excluding hydrogens is 314 g/mol. The zero-order valence-electron chi connectivity index (χ0n) is 14.9. The van der Waals surface area contributed by atoms with Crippen LogP contribution >= 0.6 is 0 Å². The van der Waals surface area contributed by atoms with Gasteiger partial charge in [0.15, 0.2) is 0 Å². The van der Waals surface area contributed by atoms with Crippen LogP contribution < -0.4 is 0 Å². The van der Waals surface area contributed by atoms with E-state index < -0.39 is 0 Å². The topological polar surface area (TPSA) is 47.4 Å². The van der Waals surface area contributed by atoms with Crippen molar-refractivity contribution in [3.05, 3.63) is 53.3 Å². The van der Waals surface area contributed by atoms with Gasteiger partial charge < -0.3 is 9.64 Å². The van der Waals surface area contributed by atoms with Crippen LogP contribution in [-0.4, -0.2) is 40.3 Å². The predicted molar refractivity (Wildman–Crippen MR) is 95.0 cm³/mol. The molecule has 1 aromatic heterocycles. The lowest BCUT2D eigenvalue weighted by atomic mass is 9.90. The third kappa shape index (κ3) is 2.97. The van der Waals surface area contributed by atoms with Crippen LogP contribution in [0.1, 0.15) is 35.8 Å². The van der Waals surface area contributed by atoms with Crippen molar-refractivity contribution in [1.29, 1.82) is 0 Å². The first kappa shape index (κ1) is 16.3. The van der Waals surface area contributed by atoms with Crippen molar-refractivity contribution in [2.24, 2.45) is 13.0 Å². The Kier molecular flexibility index (Phi) is 4.34. The Balaban J connectivity index is 1.52. The number of carbonyl (C=O) groups excluding carboxylic acids is 1. The number of benzene rings is 1. The molecule has 0 radical (unpaired) electrons. The van der Waals surface area contributed by atoms with Crippen LogP contribution in [0.5, 0.6) is 0 Å². The van der Waals surface area contributed by atoms with Crippen molar-refractivity contribution >= 4 is 5.91 Å². The minimum Gasteiger partial charge on any atom is -0.371 e. The zero-order valence-corrected chi connectivity index (χ0v) is 14.9. The van der Waals surface area contributed by atoms with Gasteiger partial charge >= 0.3 is 0 Å². The average molecular weight is 339 g/mol. The highest BCUT2D eigenvalue weighted by Gasteiger charge is 2.38. The molecule has 132 valence electrons. The maximum atomic E-state index is 13.3. The van der Waals surface area contributed by atoms with Crippen LogP contribution in [0.2, 0.25) is 0 Å². The van der Waals surface area contributed by atoms with Crippen LogP contribution in [0, 0.1) is 5.92 Å². The molecule has 0 bridgehead atoms. The number of hydrogen-bond acceptors (Lipinski definition) is 3. The van der Waals surface area contributed by atoms with E-state index in [0.29, 0.717) is 6.61 Å². The summed E-state index contributed by atoms with van der Waals surface area (Å²) in [5.74, 6) is 0.0709. The van der Waals surface area contributed by atoms with E-state index in [2.05, 4.69) is 29.4 Å². The molecule has 1 amide bonds. The molecular formula is C20H25N3O2. The lowest BCUT2D eigenvalue weighted by molar-refractivity contribution is -0.146. The SMILES string of the molecule is CN(C(=O)[C@@H]1CCCO[C@H]1c1ccnn1C)C1Cc2ccccc2C1. The summed E-state index contributed by atoms with van der Waals surface area (Å²) in [5.41, 5.74) is 3.73. The Bertz CT molecular complexity index is 745. The monoisotopic (exact) mass is 339 g/mol. The fourth-order valence-corrected chi connectivity index (χ4v) is 4.24. The first-order valence-electron chi connectivity index (χ1n) is 9.08. The Labute approximate surface area is 148 Å². The first-order chi connectivity index (χ1) is 12.1. The maximum Gasteiger partial charge on any atom is 0.228 e. The number of aromatic nitrogens is 2. The lowest BCUT2D eigenvalue weighted by Crippen LogP contribution is -2.44. The van der Waals surface area contributed by atoms with Gasteiger partial charge in [0.2, 0.25) is 5.91 Å². The molecule has 0 spiro atoms. The second-order valence-electron chi connectivity index (χ2n) is 7.20. The van der Waals surface area contributed by atoms with Crippen molar-refractivity contribution in [3.63, 3.8) is 0 Å². The third-order valence-corrected chi connectivity index (χ3v) is 5.71. The van der Waals surface area contributed by atoms with Gasteiger partial charge in [-0.2, -0.15) is 5.10 Å². The molecule has 0 saturated carbocycles. The van der Waals surface area contributed by atoms with Gasteiger partial charge in [-0.25, -0.2) is 0 Å². The second-order valence-corrected chi connectivity index (χ2v) is 7.20. The average Bonchev–Trinajstić information content (AvgIpc) is 3.26. The van der Waals surface area contributed by atoms with Crippen LogP contribution in [-0.2, 0) is 29.4 Å². The van der Waals surface area contributed by atoms with Gasteiger partial charge in [-0.1, -0.05) is 24.3 Å². The predicted octanol–water partition coefficient (Wildman–Crippen LogP) is 2.51. The molecule has 1 aliphatic carbocycles. The summed E-state index contributed by atoms with van der Waals surface area (Å²) >= 11 is 0. The van der Waals surface area contributed by atoms with Crippen LogP contribution in [0.3, 0.4) is 0 Å². The number of likely N-dealkylation sites (N-methyl/N-ethyl adjacent to an activating group) is 1. The summed E-state index contributed by atoms with van der Waals surface area (Å²) in [7, 11) is 3.86. The molecule has 1 saturated heterocycles. The summed E-state index contributed by atoms with van der Waals surface area (Å²) in [6.45, 7) is 0.707. The zero-order chi connectivity index (χ0) is 17.4. The number of nitrogens with zero attached hydrogens (tertiary/aromatic N) is 3. The van der Waals surface area contributed by atoms with Crippen LogP contribution in [0.25, 0.3) is 0 Å². The minimum absolute atomic E-state index is 0.127. The molecule has 0 N–H and O–H groups in total. The van der Waals surface area contributed by atoms with E-state index in [9.17, 15) is 4.79 Å². The highest BCUT2D eigenvalue weighted by atomic mass is 16.5. The Morgan fingerprint density at radius 2 is 1.96 bits per heavy atom. The molecule has 2 heterocycles. The summed E-state index contributed by atoms with van der Waals surface area (Å²) in [4.78, 5) is 15.2. The van der Waals surface area contributed by atoms with Gasteiger partial charge in [0.05, 0.1) is 11.6 Å². The van der Waals surface area contributed by atoms with Gasteiger partial charge in [0, 0.05) is 32.9 Å². The van der Waals surface area contributed by atoms with Gasteiger partial charge in [0.25, 0.3) is 0 Å². The Morgan fingerprint density at radius 1 is 1.24 bits per heavy atom. The first-order valence-corrected chi connectivity index (χ1v) is 9.08. The number of amides is 1. The van der Waals surface area contributed by atoms with E-state index in [1.165, 1.54) is 11.1 Å². The fraction of sp³-hybridized carbons (Fsp3) is 0.500. The summed E-state index contributed by atoms with van der Waals surface area (Å²) in [6.07, 6.45) is 5.28. The molecule has 5 heteroatoms. The molecule has 2 atom stereocenters. The molecule has 25 heavy (non-hydrogen) atoms. The number of fused-ring (bicyclic) bond motifs is 1. The van der Waals surface area contributed by atoms with E-state index in [1.807, 2.05) is 29.7 Å². The summed E-state index contributed by atoms with van der Waals surface area (Å²) in [6, 6.07) is 10.7. The molecule has 4 rings (SSSR count). The van der Waals surface area contributed by atoms with E-state index >= 15 is 0 Å². The van der Waals surface area contributed by atoms with Crippen molar-refractivity contribution in [2.45, 2.75) is 37.8 Å². The highest BCUT2D eigenvalue weighted by molar-refractivity contribution is 5.80. The lowest BCUT2D eigenvalue weighted by Gasteiger charge is -2.35. The van der Waals surface area contributed by atoms with E-state index in [1.54, 1.807) is 6.20 Å². The van der Waals surface area contributed by atoms with Gasteiger partial charge in [-0.3, -0.25) is 9.48 Å². The van der Waals surface area contributed by atoms with Crippen molar-refractivity contribution < 1.29 is 9.53 Å². The molecule has 5 nitrogen and oxygen atoms in total. The van der Waals surface area contributed by atoms with E-state index in [0.717, 1.165) is 31.4 Å². The van der Waals surface area contributed by atoms with Crippen LogP contribution in [0.15, 0.2) is 36.5 Å². The molecule has 1 aromatic carbocycles. The highest BCUT2D eigenvalue weighted by Crippen LogP contribution is 2.35. The van der Waals surface area contributed by atoms with Gasteiger partial charge in [-0.15, -0.1) is 0 Å². The van der Waals surface area contributed by atoms with E-state index in [-0.39, 0.29) is 24.0 Å². The normalized spacial score (nSPS) is 23.4. The van der Waals surface area contributed by atoms with Crippen molar-refractivity contribution in [3.8, 4) is 0 Å². The quantitative estimate of drug-likeness (QED) is 0.863. The minimum atomic E-state index is -0.194. The van der Waals surface area contributed by atoms with Crippen molar-refractivity contribution in [1.82, 2.24) is 14.7 Å². The number of ether oxygens (including phenoxy) is 1. The second kappa shape index (κ2) is 6.64. The third-order valence-electron chi connectivity index (χ3n) is 5.71. The van der Waals surface area contributed by atoms with Gasteiger partial charge in [0.1, 0.15) is 6.10 Å². The number of aryl methyl sites for hydroxylation is 1. The largest absolute Gasteiger partial charge is 0.371 e. The number of rotatable bonds is 3. The Morgan fingerprint density at radius 3 is 2.60 bits per heavy atom. The van der Waals surface area contributed by atoms with Crippen molar-refractivity contribution in [2.75, 3.05) is 13.7 Å². The summed E-state index contributed by atoms with van der Waals surface area (Å²) in [5, 5.41) is 4.25.